The van der Waals surface area contributed by atoms with Gasteiger partial charge in [0.2, 0.25) is 0 Å². The second-order valence-electron chi connectivity index (χ2n) is 2.87. The maximum Gasteiger partial charge on any atom is 0.320 e. The zero-order valence-corrected chi connectivity index (χ0v) is 7.02. The summed E-state index contributed by atoms with van der Waals surface area (Å²) in [7, 11) is 0. The fourth-order valence-electron chi connectivity index (χ4n) is 1.34. The molecular weight excluding hydrogens is 184 g/mol. The summed E-state index contributed by atoms with van der Waals surface area (Å²) >= 11 is 0. The van der Waals surface area contributed by atoms with Crippen molar-refractivity contribution in [2.75, 3.05) is 0 Å². The predicted octanol–water partition coefficient (Wildman–Crippen LogP) is -1.27. The minimum atomic E-state index is -0.733. The van der Waals surface area contributed by atoms with Crippen LogP contribution in [0.4, 0.5) is 0 Å². The average molecular weight is 190 g/mol. The fourth-order valence-corrected chi connectivity index (χ4v) is 1.34. The monoisotopic (exact) mass is 190 g/mol. The maximum atomic E-state index is 11.0. The molecule has 1 atom stereocenters. The molecule has 1 saturated heterocycles. The van der Waals surface area contributed by atoms with Gasteiger partial charge in [-0.2, -0.15) is 4.79 Å². The summed E-state index contributed by atoms with van der Waals surface area (Å²) in [5.74, 6) is -1.44. The molecule has 0 radical (unpaired) electrons. The predicted molar refractivity (Wildman–Crippen MR) is 45.9 cm³/mol. The molecule has 1 fully saturated rings. The number of hydrogen-bond donors (Lipinski definition) is 2. The molecule has 1 unspecified atom stereocenters. The number of rotatable bonds is 0. The molecular formula is C8H6N4O2. The van der Waals surface area contributed by atoms with Gasteiger partial charge in [-0.15, -0.1) is 0 Å². The number of nitrogens with one attached hydrogen (secondary N) is 2. The minimum Gasteiger partial charge on any atom is -0.361 e. The molecule has 0 bridgehead atoms. The summed E-state index contributed by atoms with van der Waals surface area (Å²) in [4.78, 5) is 25.0. The molecule has 1 aliphatic heterocycles. The van der Waals surface area contributed by atoms with Gasteiger partial charge in [-0.25, -0.2) is 0 Å². The minimum absolute atomic E-state index is 0.288. The van der Waals surface area contributed by atoms with Gasteiger partial charge >= 0.3 is 17.5 Å². The quantitative estimate of drug-likeness (QED) is 0.283. The highest BCUT2D eigenvalue weighted by Crippen LogP contribution is 2.10. The molecule has 0 spiro atoms. The first-order chi connectivity index (χ1) is 6.72. The summed E-state index contributed by atoms with van der Waals surface area (Å²) in [6, 6.07) is -0.560. The molecule has 6 nitrogen and oxygen atoms in total. The van der Waals surface area contributed by atoms with E-state index in [0.29, 0.717) is 5.70 Å². The molecule has 0 saturated carbocycles. The zero-order chi connectivity index (χ0) is 10.1. The molecule has 1 aliphatic carbocycles. The van der Waals surface area contributed by atoms with Crippen molar-refractivity contribution in [2.45, 2.75) is 6.04 Å². The van der Waals surface area contributed by atoms with Gasteiger partial charge in [-0.1, -0.05) is 6.08 Å². The fraction of sp³-hybridized carbons (Fsp3) is 0.125. The molecule has 0 aromatic heterocycles. The van der Waals surface area contributed by atoms with Crippen LogP contribution >= 0.6 is 0 Å². The summed E-state index contributed by atoms with van der Waals surface area (Å²) in [5.41, 5.74) is 9.42. The number of hydrogen-bond acceptors (Lipinski definition) is 2. The Morgan fingerprint density at radius 2 is 2.14 bits per heavy atom. The van der Waals surface area contributed by atoms with Gasteiger partial charge in [-0.3, -0.25) is 9.59 Å². The summed E-state index contributed by atoms with van der Waals surface area (Å²) in [6.07, 6.45) is 4.81. The zero-order valence-electron chi connectivity index (χ0n) is 7.02. The van der Waals surface area contributed by atoms with E-state index in [2.05, 4.69) is 15.4 Å². The summed E-state index contributed by atoms with van der Waals surface area (Å²) in [5, 5.41) is 4.81. The third kappa shape index (κ3) is 1.14. The molecule has 0 aromatic rings. The van der Waals surface area contributed by atoms with Gasteiger partial charge in [0.05, 0.1) is 5.70 Å². The number of allylic oxidation sites excluding steroid dienone is 2. The van der Waals surface area contributed by atoms with E-state index in [1.54, 1.807) is 18.2 Å². The van der Waals surface area contributed by atoms with Gasteiger partial charge in [0.15, 0.2) is 6.04 Å². The van der Waals surface area contributed by atoms with Gasteiger partial charge in [0.25, 0.3) is 0 Å². The first-order valence-corrected chi connectivity index (χ1v) is 3.94. The Morgan fingerprint density at radius 3 is 2.86 bits per heavy atom. The van der Waals surface area contributed by atoms with E-state index in [4.69, 9.17) is 5.53 Å². The third-order valence-electron chi connectivity index (χ3n) is 2.00. The van der Waals surface area contributed by atoms with E-state index in [1.807, 2.05) is 0 Å². The van der Waals surface area contributed by atoms with Crippen molar-refractivity contribution in [2.24, 2.45) is 0 Å². The van der Waals surface area contributed by atoms with Crippen molar-refractivity contribution >= 4 is 17.5 Å². The van der Waals surface area contributed by atoms with E-state index < -0.39 is 17.9 Å². The lowest BCUT2D eigenvalue weighted by molar-refractivity contribution is -0.140. The Morgan fingerprint density at radius 1 is 1.36 bits per heavy atom. The SMILES string of the molecule is [N-]=[N+]=C1C=CC=C2NC(=O)C(=O)NC21. The molecule has 2 amide bonds. The van der Waals surface area contributed by atoms with Gasteiger partial charge < -0.3 is 16.2 Å². The van der Waals surface area contributed by atoms with Gasteiger partial charge in [0.1, 0.15) is 0 Å². The molecule has 70 valence electrons. The van der Waals surface area contributed by atoms with Crippen LogP contribution in [0, 0.1) is 0 Å². The van der Waals surface area contributed by atoms with Crippen LogP contribution in [0.1, 0.15) is 0 Å². The van der Waals surface area contributed by atoms with E-state index in [9.17, 15) is 9.59 Å². The van der Waals surface area contributed by atoms with Crippen LogP contribution in [-0.2, 0) is 9.59 Å². The van der Waals surface area contributed by atoms with E-state index in [-0.39, 0.29) is 5.71 Å². The van der Waals surface area contributed by atoms with Crippen molar-refractivity contribution in [1.29, 1.82) is 0 Å². The molecule has 2 rings (SSSR count). The van der Waals surface area contributed by atoms with Crippen LogP contribution < -0.4 is 10.6 Å². The highest BCUT2D eigenvalue weighted by molar-refractivity contribution is 6.37. The first kappa shape index (κ1) is 8.40. The molecule has 14 heavy (non-hydrogen) atoms. The van der Waals surface area contributed by atoms with Crippen molar-refractivity contribution < 1.29 is 14.4 Å². The topological polar surface area (TPSA) is 94.6 Å². The van der Waals surface area contributed by atoms with E-state index in [1.165, 1.54) is 0 Å². The summed E-state index contributed by atoms with van der Waals surface area (Å²) in [6.45, 7) is 0. The molecule has 6 heteroatoms. The highest BCUT2D eigenvalue weighted by Gasteiger charge is 2.36. The van der Waals surface area contributed by atoms with Gasteiger partial charge in [-0.05, 0) is 6.08 Å². The third-order valence-corrected chi connectivity index (χ3v) is 2.00. The first-order valence-electron chi connectivity index (χ1n) is 3.94. The Kier molecular flexibility index (Phi) is 1.76. The van der Waals surface area contributed by atoms with Crippen LogP contribution in [-0.4, -0.2) is 28.4 Å². The number of fused-ring (bicyclic) bond motifs is 1. The second-order valence-corrected chi connectivity index (χ2v) is 2.87. The average Bonchev–Trinajstić information content (AvgIpc) is 2.19. The van der Waals surface area contributed by atoms with E-state index in [0.717, 1.165) is 0 Å². The smallest absolute Gasteiger partial charge is 0.320 e. The lowest BCUT2D eigenvalue weighted by Gasteiger charge is -2.24. The number of amides is 2. The van der Waals surface area contributed by atoms with E-state index >= 15 is 0 Å². The maximum absolute atomic E-state index is 11.0. The van der Waals surface area contributed by atoms with Crippen molar-refractivity contribution in [3.05, 3.63) is 29.5 Å². The van der Waals surface area contributed by atoms with Crippen LogP contribution in [0.25, 0.3) is 5.53 Å². The molecule has 1 heterocycles. The van der Waals surface area contributed by atoms with Crippen LogP contribution in [0.15, 0.2) is 23.9 Å². The standard InChI is InChI=1S/C8H6N4O2/c9-12-5-3-1-2-4-6(5)11-8(14)7(13)10-4/h1-3,6H,(H,10,13)(H,11,14). The largest absolute Gasteiger partial charge is 0.361 e. The Bertz CT molecular complexity index is 429. The molecule has 2 aliphatic rings. The van der Waals surface area contributed by atoms with Crippen LogP contribution in [0.2, 0.25) is 0 Å². The number of nitrogens with zero attached hydrogens (tertiary/aromatic N) is 2. The normalized spacial score (nSPS) is 24.4. The lowest BCUT2D eigenvalue weighted by atomic mass is 10.0. The Hall–Kier alpha value is -2.20. The number of carbonyl (C=O) groups is 2. The molecule has 2 N–H and O–H groups in total. The Balaban J connectivity index is 2.39. The van der Waals surface area contributed by atoms with Crippen molar-refractivity contribution in [3.63, 3.8) is 0 Å². The Labute approximate surface area is 78.9 Å². The summed E-state index contributed by atoms with van der Waals surface area (Å²) < 4.78 is 0. The highest BCUT2D eigenvalue weighted by atomic mass is 16.2. The van der Waals surface area contributed by atoms with Crippen molar-refractivity contribution in [1.82, 2.24) is 10.6 Å². The van der Waals surface area contributed by atoms with Crippen LogP contribution in [0.5, 0.6) is 0 Å². The van der Waals surface area contributed by atoms with Gasteiger partial charge in [0, 0.05) is 6.08 Å². The number of carbonyl (C=O) groups excluding carboxylic acids is 2. The van der Waals surface area contributed by atoms with Crippen LogP contribution in [0.3, 0.4) is 0 Å². The lowest BCUT2D eigenvalue weighted by Crippen LogP contribution is -2.57. The second kappa shape index (κ2) is 2.93. The number of piperazine rings is 1. The van der Waals surface area contributed by atoms with Crippen molar-refractivity contribution in [3.8, 4) is 0 Å². The molecule has 0 aromatic carbocycles.